The second-order valence-corrected chi connectivity index (χ2v) is 12.2. The van der Waals surface area contributed by atoms with E-state index < -0.39 is 15.9 Å². The Balaban J connectivity index is 5.76. The van der Waals surface area contributed by atoms with Gasteiger partial charge in [-0.3, -0.25) is 0 Å². The number of amidine groups is 2. The monoisotopic (exact) mass is 442 g/mol. The molecule has 0 amide bonds. The maximum absolute atomic E-state index is 5.05. The Labute approximate surface area is 177 Å². The molecule has 0 aliphatic carbocycles. The van der Waals surface area contributed by atoms with Crippen molar-refractivity contribution < 1.29 is 0 Å². The van der Waals surface area contributed by atoms with E-state index in [1.54, 1.807) is 0 Å². The van der Waals surface area contributed by atoms with E-state index in [0.717, 1.165) is 12.8 Å². The van der Waals surface area contributed by atoms with Crippen LogP contribution in [0.5, 0.6) is 0 Å². The SMILES string of the molecule is CCCCC(=NC(C)C)[N]([GeH2][N](C(CCCC)=NC(C)C)C(C)C)C(C)C. The van der Waals surface area contributed by atoms with Crippen LogP contribution < -0.4 is 0 Å². The molecule has 0 unspecified atom stereocenters. The van der Waals surface area contributed by atoms with E-state index >= 15 is 0 Å². The van der Waals surface area contributed by atoms with E-state index in [0.29, 0.717) is 24.2 Å². The minimum atomic E-state index is -1.23. The maximum atomic E-state index is 5.05. The van der Waals surface area contributed by atoms with Gasteiger partial charge in [0.2, 0.25) is 0 Å². The summed E-state index contributed by atoms with van der Waals surface area (Å²) in [6, 6.07) is 1.73. The van der Waals surface area contributed by atoms with Gasteiger partial charge in [0.1, 0.15) is 0 Å². The molecule has 0 atom stereocenters. The van der Waals surface area contributed by atoms with E-state index in [1.165, 1.54) is 37.4 Å². The minimum absolute atomic E-state index is 0.358. The zero-order valence-electron chi connectivity index (χ0n) is 20.0. The van der Waals surface area contributed by atoms with Crippen LogP contribution in [0.3, 0.4) is 0 Å². The average molecular weight is 441 g/mol. The quantitative estimate of drug-likeness (QED) is 0.231. The Morgan fingerprint density at radius 2 is 1.00 bits per heavy atom. The molecule has 4 nitrogen and oxygen atoms in total. The van der Waals surface area contributed by atoms with Gasteiger partial charge in [-0.2, -0.15) is 0 Å². The third-order valence-electron chi connectivity index (χ3n) is 4.54. The fourth-order valence-corrected chi connectivity index (χ4v) is 6.83. The van der Waals surface area contributed by atoms with Crippen LogP contribution in [0.2, 0.25) is 0 Å². The van der Waals surface area contributed by atoms with Gasteiger partial charge >= 0.3 is 177 Å². The van der Waals surface area contributed by atoms with E-state index in [1.807, 2.05) is 0 Å². The number of rotatable bonds is 12. The van der Waals surface area contributed by atoms with Crippen LogP contribution in [0.25, 0.3) is 0 Å². The number of hydrogen-bond acceptors (Lipinski definition) is 2. The fourth-order valence-electron chi connectivity index (χ4n) is 3.08. The predicted molar refractivity (Wildman–Crippen MR) is 127 cm³/mol. The first-order chi connectivity index (χ1) is 12.6. The van der Waals surface area contributed by atoms with Gasteiger partial charge in [-0.15, -0.1) is 0 Å². The average Bonchev–Trinajstić information content (AvgIpc) is 2.55. The van der Waals surface area contributed by atoms with Crippen LogP contribution in [0.4, 0.5) is 0 Å². The number of aliphatic imine (C=N–C) groups is 2. The molecular weight excluding hydrogens is 393 g/mol. The van der Waals surface area contributed by atoms with Crippen LogP contribution >= 0.6 is 0 Å². The molecule has 0 aliphatic rings. The van der Waals surface area contributed by atoms with E-state index in [2.05, 4.69) is 77.0 Å². The van der Waals surface area contributed by atoms with Crippen LogP contribution in [0.1, 0.15) is 108 Å². The van der Waals surface area contributed by atoms with Crippen molar-refractivity contribution in [3.05, 3.63) is 0 Å². The van der Waals surface area contributed by atoms with E-state index in [-0.39, 0.29) is 0 Å². The van der Waals surface area contributed by atoms with Crippen molar-refractivity contribution in [1.29, 1.82) is 0 Å². The standard InChI is InChI=1S/C22H48GeN4/c1-11-13-15-21(24-17(3)4)26(19(7)8)23-27(20(9)10)22(16-14-12-2)25-18(5)6/h17-20H,11-16,23H2,1-10H3. The molecule has 160 valence electrons. The molecule has 0 N–H and O–H groups in total. The molecule has 0 fully saturated rings. The Morgan fingerprint density at radius 3 is 1.22 bits per heavy atom. The van der Waals surface area contributed by atoms with Crippen molar-refractivity contribution in [2.75, 3.05) is 0 Å². The first-order valence-electron chi connectivity index (χ1n) is 11.3. The Bertz CT molecular complexity index is 402. The van der Waals surface area contributed by atoms with Gasteiger partial charge in [0.25, 0.3) is 0 Å². The zero-order chi connectivity index (χ0) is 21.0. The van der Waals surface area contributed by atoms with E-state index in [4.69, 9.17) is 9.98 Å². The molecule has 0 saturated heterocycles. The molecule has 0 heterocycles. The zero-order valence-corrected chi connectivity index (χ0v) is 23.0. The molecule has 0 aliphatic heterocycles. The second kappa shape index (κ2) is 14.5. The van der Waals surface area contributed by atoms with Gasteiger partial charge in [-0.1, -0.05) is 0 Å². The normalized spacial score (nSPS) is 13.9. The molecule has 0 bridgehead atoms. The van der Waals surface area contributed by atoms with Gasteiger partial charge in [0.15, 0.2) is 0 Å². The molecule has 27 heavy (non-hydrogen) atoms. The van der Waals surface area contributed by atoms with Gasteiger partial charge < -0.3 is 0 Å². The van der Waals surface area contributed by atoms with Crippen molar-refractivity contribution in [3.8, 4) is 0 Å². The van der Waals surface area contributed by atoms with Gasteiger partial charge in [-0.25, -0.2) is 0 Å². The van der Waals surface area contributed by atoms with Crippen LogP contribution in [0, 0.1) is 0 Å². The molecule has 0 radical (unpaired) electrons. The first kappa shape index (κ1) is 26.5. The van der Waals surface area contributed by atoms with E-state index in [9.17, 15) is 0 Å². The van der Waals surface area contributed by atoms with Crippen molar-refractivity contribution in [3.63, 3.8) is 0 Å². The predicted octanol–water partition coefficient (Wildman–Crippen LogP) is 5.40. The topological polar surface area (TPSA) is 31.2 Å². The number of hydrogen-bond donors (Lipinski definition) is 0. The third kappa shape index (κ3) is 11.2. The molecule has 0 rings (SSSR count). The third-order valence-corrected chi connectivity index (χ3v) is 10.4. The molecule has 0 spiro atoms. The fraction of sp³-hybridized carbons (Fsp3) is 0.909. The summed E-state index contributed by atoms with van der Waals surface area (Å²) in [5.41, 5.74) is 0. The summed E-state index contributed by atoms with van der Waals surface area (Å²) in [4.78, 5) is 10.1. The summed E-state index contributed by atoms with van der Waals surface area (Å²) in [7, 11) is 0. The Kier molecular flexibility index (Phi) is 14.2. The number of nitrogens with zero attached hydrogens (tertiary/aromatic N) is 4. The van der Waals surface area contributed by atoms with Crippen molar-refractivity contribution >= 4 is 27.5 Å². The van der Waals surface area contributed by atoms with Crippen LogP contribution in [-0.4, -0.2) is 59.4 Å². The van der Waals surface area contributed by atoms with Crippen molar-refractivity contribution in [2.45, 2.75) is 132 Å². The Hall–Kier alpha value is -0.517. The van der Waals surface area contributed by atoms with Crippen molar-refractivity contribution in [2.24, 2.45) is 9.98 Å². The number of unbranched alkanes of at least 4 members (excludes halogenated alkanes) is 2. The van der Waals surface area contributed by atoms with Gasteiger partial charge in [0, 0.05) is 0 Å². The summed E-state index contributed by atoms with van der Waals surface area (Å²) < 4.78 is 5.37. The summed E-state index contributed by atoms with van der Waals surface area (Å²) in [5, 5.41) is 0. The molecule has 0 saturated carbocycles. The van der Waals surface area contributed by atoms with Crippen molar-refractivity contribution in [1.82, 2.24) is 7.71 Å². The molecule has 0 aromatic heterocycles. The first-order valence-corrected chi connectivity index (χ1v) is 14.0. The molecule has 0 aromatic rings. The molecular formula is C22H48GeN4. The second-order valence-electron chi connectivity index (χ2n) is 8.75. The Morgan fingerprint density at radius 1 is 0.667 bits per heavy atom. The van der Waals surface area contributed by atoms with Gasteiger partial charge in [0.05, 0.1) is 0 Å². The molecule has 0 aromatic carbocycles. The van der Waals surface area contributed by atoms with Crippen LogP contribution in [-0.2, 0) is 0 Å². The van der Waals surface area contributed by atoms with Gasteiger partial charge in [-0.05, 0) is 0 Å². The summed E-state index contributed by atoms with van der Waals surface area (Å²) >= 11 is -1.23. The van der Waals surface area contributed by atoms with Crippen LogP contribution in [0.15, 0.2) is 9.98 Å². The summed E-state index contributed by atoms with van der Waals surface area (Å²) in [5.74, 6) is 2.68. The summed E-state index contributed by atoms with van der Waals surface area (Å²) in [6.07, 6.45) is 7.11. The molecule has 5 heteroatoms. The summed E-state index contributed by atoms with van der Waals surface area (Å²) in [6.45, 7) is 22.7.